The molecule has 1 heterocycles. The summed E-state index contributed by atoms with van der Waals surface area (Å²) in [6, 6.07) is 9.07. The first-order valence-corrected chi connectivity index (χ1v) is 6.69. The van der Waals surface area contributed by atoms with Gasteiger partial charge in [0.2, 0.25) is 0 Å². The zero-order chi connectivity index (χ0) is 13.5. The molecule has 0 bridgehead atoms. The van der Waals surface area contributed by atoms with Crippen LogP contribution in [-0.4, -0.2) is 11.9 Å². The monoisotopic (exact) mass is 262 g/mol. The molecular formula is C15H18O4. The summed E-state index contributed by atoms with van der Waals surface area (Å²) in [5, 5.41) is 0. The van der Waals surface area contributed by atoms with Crippen LogP contribution in [0.5, 0.6) is 0 Å². The van der Waals surface area contributed by atoms with Crippen molar-refractivity contribution in [1.29, 1.82) is 0 Å². The minimum absolute atomic E-state index is 0.316. The van der Waals surface area contributed by atoms with Crippen LogP contribution in [0, 0.1) is 0 Å². The molecule has 1 saturated heterocycles. The molecule has 1 fully saturated rings. The van der Waals surface area contributed by atoms with Crippen molar-refractivity contribution >= 4 is 11.9 Å². The lowest BCUT2D eigenvalue weighted by Crippen LogP contribution is -2.17. The zero-order valence-corrected chi connectivity index (χ0v) is 10.8. The van der Waals surface area contributed by atoms with Crippen molar-refractivity contribution in [2.24, 2.45) is 0 Å². The van der Waals surface area contributed by atoms with E-state index in [1.807, 2.05) is 18.2 Å². The van der Waals surface area contributed by atoms with Crippen molar-refractivity contribution in [3.05, 3.63) is 35.9 Å². The summed E-state index contributed by atoms with van der Waals surface area (Å²) in [6.45, 7) is 0. The van der Waals surface area contributed by atoms with E-state index in [2.05, 4.69) is 0 Å². The lowest BCUT2D eigenvalue weighted by molar-refractivity contribution is -0.189. The molecule has 0 amide bonds. The summed E-state index contributed by atoms with van der Waals surface area (Å²) >= 11 is 0. The Kier molecular flexibility index (Phi) is 4.95. The van der Waals surface area contributed by atoms with Gasteiger partial charge in [-0.05, 0) is 12.8 Å². The first-order valence-electron chi connectivity index (χ1n) is 6.69. The van der Waals surface area contributed by atoms with Gasteiger partial charge in [0.25, 0.3) is 6.29 Å². The van der Waals surface area contributed by atoms with Crippen LogP contribution in [0.2, 0.25) is 0 Å². The van der Waals surface area contributed by atoms with Gasteiger partial charge in [-0.2, -0.15) is 0 Å². The second-order valence-corrected chi connectivity index (χ2v) is 4.64. The number of carbonyl (C=O) groups is 2. The van der Waals surface area contributed by atoms with Gasteiger partial charge in [0.15, 0.2) is 0 Å². The predicted octanol–water partition coefficient (Wildman–Crippen LogP) is 3.13. The molecule has 0 atom stereocenters. The number of esters is 2. The van der Waals surface area contributed by atoms with Gasteiger partial charge >= 0.3 is 11.9 Å². The molecular weight excluding hydrogens is 244 g/mol. The van der Waals surface area contributed by atoms with Crippen molar-refractivity contribution in [2.45, 2.75) is 44.8 Å². The third-order valence-corrected chi connectivity index (χ3v) is 3.06. The van der Waals surface area contributed by atoms with Crippen molar-refractivity contribution < 1.29 is 19.1 Å². The van der Waals surface area contributed by atoms with E-state index >= 15 is 0 Å². The first-order chi connectivity index (χ1) is 9.25. The Labute approximate surface area is 112 Å². The van der Waals surface area contributed by atoms with Gasteiger partial charge < -0.3 is 9.47 Å². The maximum atomic E-state index is 11.7. The standard InChI is InChI=1S/C15H18O4/c16-13-10-6-1-2-7-11-14(17)19-15(18-13)12-8-4-3-5-9-12/h3-5,8-9,15H,1-2,6-7,10-11H2. The molecule has 4 nitrogen and oxygen atoms in total. The van der Waals surface area contributed by atoms with E-state index in [4.69, 9.17) is 9.47 Å². The zero-order valence-electron chi connectivity index (χ0n) is 10.8. The number of cyclic esters (lactones) is 2. The Bertz CT molecular complexity index is 405. The molecule has 102 valence electrons. The van der Waals surface area contributed by atoms with E-state index in [-0.39, 0.29) is 11.9 Å². The third kappa shape index (κ3) is 4.39. The topological polar surface area (TPSA) is 52.6 Å². The highest BCUT2D eigenvalue weighted by molar-refractivity contribution is 5.71. The van der Waals surface area contributed by atoms with Crippen LogP contribution >= 0.6 is 0 Å². The number of benzene rings is 1. The summed E-state index contributed by atoms with van der Waals surface area (Å²) in [5.74, 6) is -0.632. The van der Waals surface area contributed by atoms with E-state index in [0.29, 0.717) is 18.4 Å². The molecule has 1 aliphatic rings. The average Bonchev–Trinajstić information content (AvgIpc) is 2.45. The predicted molar refractivity (Wildman–Crippen MR) is 69.1 cm³/mol. The minimum Gasteiger partial charge on any atom is -0.421 e. The van der Waals surface area contributed by atoms with Crippen LogP contribution in [-0.2, 0) is 19.1 Å². The summed E-state index contributed by atoms with van der Waals surface area (Å²) in [4.78, 5) is 23.4. The number of hydrogen-bond donors (Lipinski definition) is 0. The maximum Gasteiger partial charge on any atom is 0.309 e. The van der Waals surface area contributed by atoms with Crippen molar-refractivity contribution in [3.63, 3.8) is 0 Å². The highest BCUT2D eigenvalue weighted by Crippen LogP contribution is 2.22. The maximum absolute atomic E-state index is 11.7. The molecule has 19 heavy (non-hydrogen) atoms. The van der Waals surface area contributed by atoms with Gasteiger partial charge in [-0.3, -0.25) is 9.59 Å². The number of ether oxygens (including phenoxy) is 2. The van der Waals surface area contributed by atoms with E-state index in [0.717, 1.165) is 25.7 Å². The van der Waals surface area contributed by atoms with Crippen molar-refractivity contribution in [1.82, 2.24) is 0 Å². The lowest BCUT2D eigenvalue weighted by Gasteiger charge is -2.18. The molecule has 0 spiro atoms. The molecule has 0 N–H and O–H groups in total. The van der Waals surface area contributed by atoms with Crippen LogP contribution in [0.25, 0.3) is 0 Å². The van der Waals surface area contributed by atoms with Gasteiger partial charge in [0.1, 0.15) is 0 Å². The molecule has 1 aromatic rings. The Morgan fingerprint density at radius 3 is 1.84 bits per heavy atom. The van der Waals surface area contributed by atoms with Crippen molar-refractivity contribution in [2.75, 3.05) is 0 Å². The van der Waals surface area contributed by atoms with E-state index in [9.17, 15) is 9.59 Å². The lowest BCUT2D eigenvalue weighted by atomic mass is 10.1. The largest absolute Gasteiger partial charge is 0.421 e. The molecule has 0 aromatic heterocycles. The number of rotatable bonds is 1. The van der Waals surface area contributed by atoms with Crippen LogP contribution in [0.1, 0.15) is 50.4 Å². The molecule has 0 unspecified atom stereocenters. The molecule has 4 heteroatoms. The Balaban J connectivity index is 2.11. The van der Waals surface area contributed by atoms with Crippen LogP contribution in [0.3, 0.4) is 0 Å². The van der Waals surface area contributed by atoms with Crippen LogP contribution in [0.15, 0.2) is 30.3 Å². The normalized spacial score (nSPS) is 19.2. The molecule has 2 rings (SSSR count). The Morgan fingerprint density at radius 2 is 1.32 bits per heavy atom. The summed E-state index contributed by atoms with van der Waals surface area (Å²) in [7, 11) is 0. The van der Waals surface area contributed by atoms with Gasteiger partial charge in [-0.1, -0.05) is 43.2 Å². The second-order valence-electron chi connectivity index (χ2n) is 4.64. The fourth-order valence-corrected chi connectivity index (χ4v) is 2.02. The van der Waals surface area contributed by atoms with E-state index in [1.165, 1.54) is 0 Å². The molecule has 1 aromatic carbocycles. The van der Waals surface area contributed by atoms with Gasteiger partial charge in [0.05, 0.1) is 0 Å². The van der Waals surface area contributed by atoms with E-state index in [1.54, 1.807) is 12.1 Å². The quantitative estimate of drug-likeness (QED) is 0.730. The third-order valence-electron chi connectivity index (χ3n) is 3.06. The molecule has 0 saturated carbocycles. The smallest absolute Gasteiger partial charge is 0.309 e. The van der Waals surface area contributed by atoms with Crippen LogP contribution in [0.4, 0.5) is 0 Å². The average molecular weight is 262 g/mol. The van der Waals surface area contributed by atoms with Crippen LogP contribution < -0.4 is 0 Å². The first kappa shape index (κ1) is 13.6. The van der Waals surface area contributed by atoms with E-state index < -0.39 is 6.29 Å². The minimum atomic E-state index is -0.917. The van der Waals surface area contributed by atoms with Crippen molar-refractivity contribution in [3.8, 4) is 0 Å². The highest BCUT2D eigenvalue weighted by atomic mass is 16.7. The Hall–Kier alpha value is -1.84. The SMILES string of the molecule is O=C1CCCCCCC(=O)OC(c2ccccc2)O1. The number of carbonyl (C=O) groups excluding carboxylic acids is 2. The second kappa shape index (κ2) is 6.92. The fourth-order valence-electron chi connectivity index (χ4n) is 2.02. The summed E-state index contributed by atoms with van der Waals surface area (Å²) in [6.07, 6.45) is 3.32. The number of hydrogen-bond acceptors (Lipinski definition) is 4. The van der Waals surface area contributed by atoms with Gasteiger partial charge in [0, 0.05) is 18.4 Å². The molecule has 0 aliphatic carbocycles. The summed E-state index contributed by atoms with van der Waals surface area (Å²) < 4.78 is 10.5. The van der Waals surface area contributed by atoms with Gasteiger partial charge in [-0.25, -0.2) is 0 Å². The summed E-state index contributed by atoms with van der Waals surface area (Å²) in [5.41, 5.74) is 0.684. The Morgan fingerprint density at radius 1 is 0.789 bits per heavy atom. The molecule has 1 aliphatic heterocycles. The highest BCUT2D eigenvalue weighted by Gasteiger charge is 2.21. The molecule has 0 radical (unpaired) electrons. The fraction of sp³-hybridized carbons (Fsp3) is 0.467. The van der Waals surface area contributed by atoms with Gasteiger partial charge in [-0.15, -0.1) is 0 Å².